The molecule has 0 fully saturated rings. The van der Waals surface area contributed by atoms with E-state index in [1.54, 1.807) is 18.3 Å². The van der Waals surface area contributed by atoms with Gasteiger partial charge in [-0.1, -0.05) is 25.5 Å². The molecule has 0 aliphatic carbocycles. The maximum Gasteiger partial charge on any atom is 0.284 e. The number of hydrogen-bond donors (Lipinski definition) is 1. The van der Waals surface area contributed by atoms with Gasteiger partial charge in [0.1, 0.15) is 6.61 Å². The molecule has 1 aliphatic heterocycles. The van der Waals surface area contributed by atoms with Gasteiger partial charge in [0.2, 0.25) is 6.10 Å². The second-order valence-electron chi connectivity index (χ2n) is 6.44. The lowest BCUT2D eigenvalue weighted by Crippen LogP contribution is -2.42. The minimum absolute atomic E-state index is 0.136. The number of benzene rings is 2. The zero-order chi connectivity index (χ0) is 20.5. The molecule has 1 aliphatic rings. The van der Waals surface area contributed by atoms with E-state index in [1.807, 2.05) is 37.3 Å². The number of carbonyl (C=O) groups is 1. The van der Waals surface area contributed by atoms with Crippen LogP contribution in [-0.4, -0.2) is 38.0 Å². The Bertz CT molecular complexity index is 853. The Morgan fingerprint density at radius 3 is 2.79 bits per heavy atom. The van der Waals surface area contributed by atoms with Gasteiger partial charge in [0.05, 0.1) is 19.4 Å². The van der Waals surface area contributed by atoms with Crippen LogP contribution in [0.5, 0.6) is 23.0 Å². The summed E-state index contributed by atoms with van der Waals surface area (Å²) in [4.78, 5) is 12.3. The van der Waals surface area contributed by atoms with Gasteiger partial charge < -0.3 is 18.9 Å². The van der Waals surface area contributed by atoms with Crippen molar-refractivity contribution >= 4 is 12.1 Å². The number of hydrazone groups is 1. The Balaban J connectivity index is 1.58. The van der Waals surface area contributed by atoms with Crippen LogP contribution in [0.1, 0.15) is 32.3 Å². The first-order chi connectivity index (χ1) is 14.2. The molecule has 1 N–H and O–H groups in total. The summed E-state index contributed by atoms with van der Waals surface area (Å²) >= 11 is 0. The molecule has 0 saturated heterocycles. The van der Waals surface area contributed by atoms with Crippen molar-refractivity contribution in [2.75, 3.05) is 19.8 Å². The standard InChI is InChI=1S/C22H26N2O5/c1-3-5-12-27-18-11-10-16(13-20(18)26-4-2)14-23-24-22(25)21-15-28-17-8-6-7-9-19(17)29-21/h6-11,13-14,21H,3-5,12,15H2,1-2H3,(H,24,25)/b23-14-/t21-/m0/s1. The molecular formula is C22H26N2O5. The number of nitrogens with one attached hydrogen (secondary N) is 1. The Hall–Kier alpha value is -3.22. The monoisotopic (exact) mass is 398 g/mol. The molecule has 7 heteroatoms. The maximum absolute atomic E-state index is 12.3. The molecule has 0 saturated carbocycles. The van der Waals surface area contributed by atoms with Crippen molar-refractivity contribution in [1.82, 2.24) is 5.43 Å². The van der Waals surface area contributed by atoms with E-state index in [0.717, 1.165) is 18.4 Å². The largest absolute Gasteiger partial charge is 0.490 e. The zero-order valence-corrected chi connectivity index (χ0v) is 16.7. The van der Waals surface area contributed by atoms with E-state index < -0.39 is 6.10 Å². The minimum Gasteiger partial charge on any atom is -0.490 e. The lowest BCUT2D eigenvalue weighted by molar-refractivity contribution is -0.130. The van der Waals surface area contributed by atoms with Gasteiger partial charge in [-0.25, -0.2) is 5.43 Å². The summed E-state index contributed by atoms with van der Waals surface area (Å²) in [6.45, 7) is 5.34. The average Bonchev–Trinajstić information content (AvgIpc) is 2.75. The Kier molecular flexibility index (Phi) is 7.33. The number of ether oxygens (including phenoxy) is 4. The molecule has 0 spiro atoms. The molecule has 1 heterocycles. The quantitative estimate of drug-likeness (QED) is 0.397. The van der Waals surface area contributed by atoms with Crippen LogP contribution in [0.2, 0.25) is 0 Å². The summed E-state index contributed by atoms with van der Waals surface area (Å²) in [5.74, 6) is 2.15. The second kappa shape index (κ2) is 10.4. The summed E-state index contributed by atoms with van der Waals surface area (Å²) < 4.78 is 22.6. The average molecular weight is 398 g/mol. The van der Waals surface area contributed by atoms with Crippen LogP contribution in [0.15, 0.2) is 47.6 Å². The highest BCUT2D eigenvalue weighted by atomic mass is 16.6. The fraction of sp³-hybridized carbons (Fsp3) is 0.364. The van der Waals surface area contributed by atoms with Crippen LogP contribution in [0, 0.1) is 0 Å². The first-order valence-electron chi connectivity index (χ1n) is 9.82. The molecule has 0 aromatic heterocycles. The Morgan fingerprint density at radius 1 is 1.17 bits per heavy atom. The molecule has 0 bridgehead atoms. The van der Waals surface area contributed by atoms with Gasteiger partial charge in [0.25, 0.3) is 5.91 Å². The number of unbranched alkanes of at least 4 members (excludes halogenated alkanes) is 1. The van der Waals surface area contributed by atoms with E-state index in [0.29, 0.717) is 36.2 Å². The molecular weight excluding hydrogens is 372 g/mol. The second-order valence-corrected chi connectivity index (χ2v) is 6.44. The summed E-state index contributed by atoms with van der Waals surface area (Å²) in [7, 11) is 0. The third kappa shape index (κ3) is 5.63. The van der Waals surface area contributed by atoms with E-state index in [9.17, 15) is 4.79 Å². The molecule has 2 aromatic carbocycles. The SMILES string of the molecule is CCCCOc1ccc(/C=N\NC(=O)[C@@H]2COc3ccccc3O2)cc1OCC. The van der Waals surface area contributed by atoms with E-state index in [1.165, 1.54) is 0 Å². The molecule has 29 heavy (non-hydrogen) atoms. The number of hydrogen-bond acceptors (Lipinski definition) is 6. The molecule has 1 amide bonds. The number of nitrogens with zero attached hydrogens (tertiary/aromatic N) is 1. The van der Waals surface area contributed by atoms with E-state index in [4.69, 9.17) is 18.9 Å². The van der Waals surface area contributed by atoms with Crippen LogP contribution in [-0.2, 0) is 4.79 Å². The number of fused-ring (bicyclic) bond motifs is 1. The molecule has 3 rings (SSSR count). The molecule has 1 atom stereocenters. The van der Waals surface area contributed by atoms with Crippen molar-refractivity contribution in [1.29, 1.82) is 0 Å². The highest BCUT2D eigenvalue weighted by Crippen LogP contribution is 2.31. The summed E-state index contributed by atoms with van der Waals surface area (Å²) in [6.07, 6.45) is 2.84. The first kappa shape index (κ1) is 20.5. The minimum atomic E-state index is -0.754. The molecule has 7 nitrogen and oxygen atoms in total. The molecule has 0 unspecified atom stereocenters. The fourth-order valence-electron chi connectivity index (χ4n) is 2.71. The van der Waals surface area contributed by atoms with Crippen LogP contribution < -0.4 is 24.4 Å². The third-order valence-corrected chi connectivity index (χ3v) is 4.21. The first-order valence-corrected chi connectivity index (χ1v) is 9.82. The van der Waals surface area contributed by atoms with E-state index >= 15 is 0 Å². The van der Waals surface area contributed by atoms with Crippen molar-refractivity contribution in [3.05, 3.63) is 48.0 Å². The van der Waals surface area contributed by atoms with Gasteiger partial charge in [-0.3, -0.25) is 4.79 Å². The predicted molar refractivity (Wildman–Crippen MR) is 110 cm³/mol. The highest BCUT2D eigenvalue weighted by Gasteiger charge is 2.26. The van der Waals surface area contributed by atoms with Crippen molar-refractivity contribution in [3.63, 3.8) is 0 Å². The van der Waals surface area contributed by atoms with Crippen molar-refractivity contribution in [3.8, 4) is 23.0 Å². The van der Waals surface area contributed by atoms with Gasteiger partial charge in [0.15, 0.2) is 23.0 Å². The van der Waals surface area contributed by atoms with Crippen LogP contribution in [0.4, 0.5) is 0 Å². The lowest BCUT2D eigenvalue weighted by atomic mass is 10.2. The number of amides is 1. The lowest BCUT2D eigenvalue weighted by Gasteiger charge is -2.24. The Morgan fingerprint density at radius 2 is 2.00 bits per heavy atom. The van der Waals surface area contributed by atoms with Crippen molar-refractivity contribution in [2.45, 2.75) is 32.8 Å². The van der Waals surface area contributed by atoms with Crippen molar-refractivity contribution < 1.29 is 23.7 Å². The van der Waals surface area contributed by atoms with Gasteiger partial charge in [-0.05, 0) is 49.2 Å². The molecule has 154 valence electrons. The van der Waals surface area contributed by atoms with Crippen molar-refractivity contribution in [2.24, 2.45) is 5.10 Å². The van der Waals surface area contributed by atoms with Gasteiger partial charge in [0, 0.05) is 0 Å². The van der Waals surface area contributed by atoms with Crippen LogP contribution in [0.25, 0.3) is 0 Å². The number of para-hydroxylation sites is 2. The van der Waals surface area contributed by atoms with Gasteiger partial charge in [-0.2, -0.15) is 5.10 Å². The van der Waals surface area contributed by atoms with Gasteiger partial charge in [-0.15, -0.1) is 0 Å². The van der Waals surface area contributed by atoms with E-state index in [-0.39, 0.29) is 12.5 Å². The Labute approximate surface area is 170 Å². The number of carbonyl (C=O) groups excluding carboxylic acids is 1. The number of rotatable bonds is 9. The smallest absolute Gasteiger partial charge is 0.284 e. The highest BCUT2D eigenvalue weighted by molar-refractivity contribution is 5.85. The van der Waals surface area contributed by atoms with Crippen LogP contribution in [0.3, 0.4) is 0 Å². The summed E-state index contributed by atoms with van der Waals surface area (Å²) in [5, 5.41) is 4.02. The predicted octanol–water partition coefficient (Wildman–Crippen LogP) is 3.55. The zero-order valence-electron chi connectivity index (χ0n) is 16.7. The topological polar surface area (TPSA) is 78.4 Å². The molecule has 2 aromatic rings. The van der Waals surface area contributed by atoms with Crippen LogP contribution >= 0.6 is 0 Å². The summed E-state index contributed by atoms with van der Waals surface area (Å²) in [5.41, 5.74) is 3.27. The third-order valence-electron chi connectivity index (χ3n) is 4.21. The van der Waals surface area contributed by atoms with E-state index in [2.05, 4.69) is 17.5 Å². The van der Waals surface area contributed by atoms with Gasteiger partial charge >= 0.3 is 0 Å². The maximum atomic E-state index is 12.3. The summed E-state index contributed by atoms with van der Waals surface area (Å²) in [6, 6.07) is 12.8. The molecule has 0 radical (unpaired) electrons. The normalized spacial score (nSPS) is 15.2. The fourth-order valence-corrected chi connectivity index (χ4v) is 2.71.